The maximum atomic E-state index is 5.45. The van der Waals surface area contributed by atoms with E-state index >= 15 is 0 Å². The molecule has 0 spiro atoms. The zero-order valence-electron chi connectivity index (χ0n) is 8.78. The Bertz CT molecular complexity index is 247. The second-order valence-corrected chi connectivity index (χ2v) is 3.27. The van der Waals surface area contributed by atoms with Gasteiger partial charge in [-0.1, -0.05) is 13.3 Å². The van der Waals surface area contributed by atoms with Gasteiger partial charge in [0.25, 0.3) is 0 Å². The third kappa shape index (κ3) is 3.89. The van der Waals surface area contributed by atoms with Crippen LogP contribution in [-0.2, 0) is 17.8 Å². The summed E-state index contributed by atoms with van der Waals surface area (Å²) in [6.45, 7) is 5.13. The second kappa shape index (κ2) is 6.56. The lowest BCUT2D eigenvalue weighted by molar-refractivity contribution is 0.123. The van der Waals surface area contributed by atoms with Crippen molar-refractivity contribution in [2.24, 2.45) is 5.73 Å². The number of hydrogen-bond donors (Lipinski definition) is 1. The Morgan fingerprint density at radius 1 is 1.50 bits per heavy atom. The minimum atomic E-state index is 0.504. The molecule has 80 valence electrons. The molecule has 1 aromatic rings. The first-order valence-corrected chi connectivity index (χ1v) is 5.15. The number of nitrogens with two attached hydrogens (primary N) is 1. The van der Waals surface area contributed by atoms with Crippen LogP contribution >= 0.6 is 0 Å². The molecule has 4 heteroatoms. The molecule has 0 atom stereocenters. The van der Waals surface area contributed by atoms with E-state index < -0.39 is 0 Å². The van der Waals surface area contributed by atoms with Crippen molar-refractivity contribution < 1.29 is 4.74 Å². The van der Waals surface area contributed by atoms with Gasteiger partial charge in [-0.15, -0.1) is 0 Å². The molecule has 1 rings (SSSR count). The fourth-order valence-electron chi connectivity index (χ4n) is 1.15. The highest BCUT2D eigenvalue weighted by Crippen LogP contribution is 1.95. The summed E-state index contributed by atoms with van der Waals surface area (Å²) >= 11 is 0. The molecule has 0 saturated heterocycles. The van der Waals surface area contributed by atoms with Gasteiger partial charge in [-0.2, -0.15) is 0 Å². The van der Waals surface area contributed by atoms with Crippen molar-refractivity contribution >= 4 is 0 Å². The molecule has 0 aliphatic carbocycles. The number of unbranched alkanes of at least 4 members (excludes halogenated alkanes) is 1. The van der Waals surface area contributed by atoms with Crippen molar-refractivity contribution in [3.05, 3.63) is 18.2 Å². The highest BCUT2D eigenvalue weighted by Gasteiger charge is 1.95. The predicted octanol–water partition coefficient (Wildman–Crippen LogP) is 1.16. The third-order valence-corrected chi connectivity index (χ3v) is 2.03. The molecule has 0 bridgehead atoms. The van der Waals surface area contributed by atoms with Gasteiger partial charge in [0.05, 0.1) is 18.6 Å². The van der Waals surface area contributed by atoms with E-state index in [1.165, 1.54) is 6.42 Å². The van der Waals surface area contributed by atoms with Crippen molar-refractivity contribution in [1.82, 2.24) is 9.55 Å². The smallest absolute Gasteiger partial charge is 0.0950 e. The Morgan fingerprint density at radius 3 is 3.00 bits per heavy atom. The number of nitrogens with zero attached hydrogens (tertiary/aromatic N) is 2. The van der Waals surface area contributed by atoms with E-state index in [1.807, 2.05) is 10.8 Å². The molecule has 0 saturated carbocycles. The fourth-order valence-corrected chi connectivity index (χ4v) is 1.15. The average molecular weight is 197 g/mol. The van der Waals surface area contributed by atoms with Crippen LogP contribution in [0.15, 0.2) is 12.5 Å². The molecule has 1 heterocycles. The lowest BCUT2D eigenvalue weighted by Crippen LogP contribution is -2.05. The van der Waals surface area contributed by atoms with Gasteiger partial charge in [0.2, 0.25) is 0 Å². The van der Waals surface area contributed by atoms with Crippen LogP contribution in [0, 0.1) is 0 Å². The number of rotatable bonds is 7. The number of aromatic nitrogens is 2. The molecule has 0 aromatic carbocycles. The summed E-state index contributed by atoms with van der Waals surface area (Å²) < 4.78 is 7.45. The van der Waals surface area contributed by atoms with Gasteiger partial charge in [0.15, 0.2) is 0 Å². The predicted molar refractivity (Wildman–Crippen MR) is 55.8 cm³/mol. The average Bonchev–Trinajstić information content (AvgIpc) is 2.65. The van der Waals surface area contributed by atoms with Crippen molar-refractivity contribution in [2.45, 2.75) is 32.9 Å². The summed E-state index contributed by atoms with van der Waals surface area (Å²) in [5, 5.41) is 0. The topological polar surface area (TPSA) is 53.1 Å². The van der Waals surface area contributed by atoms with E-state index in [0.717, 1.165) is 31.9 Å². The number of ether oxygens (including phenoxy) is 1. The summed E-state index contributed by atoms with van der Waals surface area (Å²) in [6.07, 6.45) is 6.08. The summed E-state index contributed by atoms with van der Waals surface area (Å²) in [6, 6.07) is 0. The monoisotopic (exact) mass is 197 g/mol. The van der Waals surface area contributed by atoms with E-state index in [-0.39, 0.29) is 0 Å². The summed E-state index contributed by atoms with van der Waals surface area (Å²) in [5.74, 6) is 0. The van der Waals surface area contributed by atoms with Crippen molar-refractivity contribution in [3.63, 3.8) is 0 Å². The molecule has 0 fully saturated rings. The van der Waals surface area contributed by atoms with Crippen molar-refractivity contribution in [1.29, 1.82) is 0 Å². The maximum Gasteiger partial charge on any atom is 0.0950 e. The first-order valence-electron chi connectivity index (χ1n) is 5.15. The van der Waals surface area contributed by atoms with Gasteiger partial charge >= 0.3 is 0 Å². The number of imidazole rings is 1. The molecule has 0 unspecified atom stereocenters. The molecule has 14 heavy (non-hydrogen) atoms. The van der Waals surface area contributed by atoms with Gasteiger partial charge in [0, 0.05) is 25.9 Å². The first kappa shape index (κ1) is 11.2. The van der Waals surface area contributed by atoms with Gasteiger partial charge in [-0.25, -0.2) is 4.98 Å². The highest BCUT2D eigenvalue weighted by atomic mass is 16.5. The largest absolute Gasteiger partial charge is 0.380 e. The van der Waals surface area contributed by atoms with Crippen LogP contribution < -0.4 is 5.73 Å². The van der Waals surface area contributed by atoms with E-state index in [4.69, 9.17) is 10.5 Å². The first-order chi connectivity index (χ1) is 6.86. The fraction of sp³-hybridized carbons (Fsp3) is 0.700. The Hall–Kier alpha value is -0.870. The molecule has 1 aromatic heterocycles. The molecule has 0 radical (unpaired) electrons. The molecular weight excluding hydrogens is 178 g/mol. The van der Waals surface area contributed by atoms with Crippen molar-refractivity contribution in [3.8, 4) is 0 Å². The summed E-state index contributed by atoms with van der Waals surface area (Å²) in [5.41, 5.74) is 6.38. The Labute approximate surface area is 85.1 Å². The van der Waals surface area contributed by atoms with Crippen LogP contribution in [0.2, 0.25) is 0 Å². The summed E-state index contributed by atoms with van der Waals surface area (Å²) in [7, 11) is 0. The van der Waals surface area contributed by atoms with E-state index in [9.17, 15) is 0 Å². The summed E-state index contributed by atoms with van der Waals surface area (Å²) in [4.78, 5) is 4.13. The zero-order valence-corrected chi connectivity index (χ0v) is 8.78. The lowest BCUT2D eigenvalue weighted by atomic mass is 10.4. The van der Waals surface area contributed by atoms with Crippen LogP contribution in [0.5, 0.6) is 0 Å². The molecule has 0 aliphatic heterocycles. The van der Waals surface area contributed by atoms with E-state index in [0.29, 0.717) is 6.54 Å². The number of hydrogen-bond acceptors (Lipinski definition) is 3. The minimum absolute atomic E-state index is 0.504. The second-order valence-electron chi connectivity index (χ2n) is 3.27. The van der Waals surface area contributed by atoms with E-state index in [1.54, 1.807) is 6.33 Å². The van der Waals surface area contributed by atoms with Crippen LogP contribution in [0.1, 0.15) is 25.5 Å². The SMILES string of the molecule is CCCCOCCn1cnc(CN)c1. The van der Waals surface area contributed by atoms with Crippen LogP contribution in [0.4, 0.5) is 0 Å². The Kier molecular flexibility index (Phi) is 5.25. The molecule has 0 amide bonds. The maximum absolute atomic E-state index is 5.45. The Balaban J connectivity index is 2.12. The molecule has 0 aliphatic rings. The normalized spacial score (nSPS) is 10.7. The van der Waals surface area contributed by atoms with Crippen molar-refractivity contribution in [2.75, 3.05) is 13.2 Å². The molecular formula is C10H19N3O. The zero-order chi connectivity index (χ0) is 10.2. The molecule has 4 nitrogen and oxygen atoms in total. The van der Waals surface area contributed by atoms with Crippen LogP contribution in [0.25, 0.3) is 0 Å². The van der Waals surface area contributed by atoms with Crippen LogP contribution in [0.3, 0.4) is 0 Å². The van der Waals surface area contributed by atoms with Crippen LogP contribution in [-0.4, -0.2) is 22.8 Å². The lowest BCUT2D eigenvalue weighted by Gasteiger charge is -2.03. The van der Waals surface area contributed by atoms with Gasteiger partial charge in [-0.05, 0) is 6.42 Å². The van der Waals surface area contributed by atoms with E-state index in [2.05, 4.69) is 11.9 Å². The standard InChI is InChI=1S/C10H19N3O/c1-2-3-5-14-6-4-13-8-10(7-11)12-9-13/h8-9H,2-7,11H2,1H3. The quantitative estimate of drug-likeness (QED) is 0.667. The highest BCUT2D eigenvalue weighted by molar-refractivity contribution is 4.95. The van der Waals surface area contributed by atoms with Gasteiger partial charge in [0.1, 0.15) is 0 Å². The third-order valence-electron chi connectivity index (χ3n) is 2.03. The molecule has 2 N–H and O–H groups in total. The Morgan fingerprint density at radius 2 is 2.36 bits per heavy atom. The van der Waals surface area contributed by atoms with Gasteiger partial charge < -0.3 is 15.0 Å². The minimum Gasteiger partial charge on any atom is -0.380 e. The van der Waals surface area contributed by atoms with Gasteiger partial charge in [-0.3, -0.25) is 0 Å².